The minimum Gasteiger partial charge on any atom is -0.462 e. The van der Waals surface area contributed by atoms with Crippen molar-refractivity contribution in [3.63, 3.8) is 0 Å². The first kappa shape index (κ1) is 16.3. The third-order valence-corrected chi connectivity index (χ3v) is 2.82. The minimum atomic E-state index is -0.616. The Morgan fingerprint density at radius 1 is 1.33 bits per heavy atom. The molecular weight excluding hydrogens is 266 g/mol. The Bertz CT molecular complexity index is 591. The van der Waals surface area contributed by atoms with Crippen molar-refractivity contribution in [3.05, 3.63) is 35.4 Å². The minimum absolute atomic E-state index is 0.0255. The molecule has 0 saturated heterocycles. The molecule has 108 valence electrons. The van der Waals surface area contributed by atoms with Crippen molar-refractivity contribution in [1.82, 2.24) is 0 Å². The molecule has 0 aromatic heterocycles. The summed E-state index contributed by atoms with van der Waals surface area (Å²) in [7, 11) is 1.90. The van der Waals surface area contributed by atoms with Crippen LogP contribution in [0, 0.1) is 22.7 Å². The van der Waals surface area contributed by atoms with E-state index in [1.54, 1.807) is 6.92 Å². The van der Waals surface area contributed by atoms with E-state index in [4.69, 9.17) is 15.3 Å². The van der Waals surface area contributed by atoms with Gasteiger partial charge in [0, 0.05) is 19.3 Å². The predicted octanol–water partition coefficient (Wildman–Crippen LogP) is 2.51. The van der Waals surface area contributed by atoms with Gasteiger partial charge in [0.1, 0.15) is 11.6 Å². The molecule has 1 aromatic rings. The highest BCUT2D eigenvalue weighted by molar-refractivity contribution is 5.97. The van der Waals surface area contributed by atoms with E-state index in [2.05, 4.69) is 6.07 Å². The van der Waals surface area contributed by atoms with E-state index >= 15 is 0 Å². The quantitative estimate of drug-likeness (QED) is 0.455. The molecule has 1 rings (SSSR count). The number of esters is 1. The summed E-state index contributed by atoms with van der Waals surface area (Å²) in [6.07, 6.45) is 1.96. The summed E-state index contributed by atoms with van der Waals surface area (Å²) in [6, 6.07) is 11.3. The highest BCUT2D eigenvalue weighted by atomic mass is 16.5. The molecule has 0 aliphatic rings. The molecule has 0 fully saturated rings. The Kier molecular flexibility index (Phi) is 6.50. The van der Waals surface area contributed by atoms with E-state index in [9.17, 15) is 4.79 Å². The molecule has 0 spiro atoms. The Balaban J connectivity index is 2.85. The molecule has 0 bridgehead atoms. The largest absolute Gasteiger partial charge is 0.462 e. The van der Waals surface area contributed by atoms with Crippen molar-refractivity contribution in [2.24, 2.45) is 0 Å². The molecule has 0 unspecified atom stereocenters. The molecule has 0 heterocycles. The van der Waals surface area contributed by atoms with Gasteiger partial charge < -0.3 is 9.64 Å². The molecule has 5 nitrogen and oxygen atoms in total. The van der Waals surface area contributed by atoms with Crippen molar-refractivity contribution in [2.75, 3.05) is 25.1 Å². The van der Waals surface area contributed by atoms with Gasteiger partial charge in [-0.2, -0.15) is 10.5 Å². The number of nitrogens with zero attached hydrogens (tertiary/aromatic N) is 3. The summed E-state index contributed by atoms with van der Waals surface area (Å²) in [5, 5.41) is 17.5. The van der Waals surface area contributed by atoms with Crippen LogP contribution in [0.5, 0.6) is 0 Å². The van der Waals surface area contributed by atoms with Crippen molar-refractivity contribution < 1.29 is 9.53 Å². The molecule has 1 aromatic carbocycles. The van der Waals surface area contributed by atoms with Gasteiger partial charge in [0.25, 0.3) is 0 Å². The van der Waals surface area contributed by atoms with E-state index in [1.807, 2.05) is 42.3 Å². The first-order chi connectivity index (χ1) is 10.1. The highest BCUT2D eigenvalue weighted by Crippen LogP contribution is 2.16. The second-order valence-corrected chi connectivity index (χ2v) is 4.31. The lowest BCUT2D eigenvalue weighted by molar-refractivity contribution is -0.137. The average molecular weight is 283 g/mol. The fourth-order valence-electron chi connectivity index (χ4n) is 1.68. The normalized spacial score (nSPS) is 10.4. The van der Waals surface area contributed by atoms with Crippen LogP contribution in [-0.2, 0) is 9.53 Å². The Morgan fingerprint density at radius 2 is 2.00 bits per heavy atom. The van der Waals surface area contributed by atoms with E-state index < -0.39 is 5.97 Å². The van der Waals surface area contributed by atoms with Crippen LogP contribution in [0.2, 0.25) is 0 Å². The Morgan fingerprint density at radius 3 is 2.52 bits per heavy atom. The van der Waals surface area contributed by atoms with Crippen molar-refractivity contribution in [2.45, 2.75) is 13.3 Å². The molecule has 0 amide bonds. The maximum absolute atomic E-state index is 11.5. The molecule has 0 radical (unpaired) electrons. The number of carbonyl (C=O) groups is 1. The van der Waals surface area contributed by atoms with Crippen LogP contribution in [0.4, 0.5) is 5.69 Å². The topological polar surface area (TPSA) is 77.1 Å². The van der Waals surface area contributed by atoms with Gasteiger partial charge in [-0.15, -0.1) is 0 Å². The number of ether oxygens (including phenoxy) is 1. The summed E-state index contributed by atoms with van der Waals surface area (Å²) in [5.74, 6) is -0.616. The smallest absolute Gasteiger partial charge is 0.348 e. The number of hydrogen-bond donors (Lipinski definition) is 0. The zero-order valence-electron chi connectivity index (χ0n) is 12.2. The van der Waals surface area contributed by atoms with Gasteiger partial charge in [-0.05, 0) is 30.7 Å². The first-order valence-electron chi connectivity index (χ1n) is 6.59. The molecule has 21 heavy (non-hydrogen) atoms. The predicted molar refractivity (Wildman–Crippen MR) is 80.2 cm³/mol. The van der Waals surface area contributed by atoms with Gasteiger partial charge in [-0.25, -0.2) is 4.79 Å². The van der Waals surface area contributed by atoms with E-state index in [1.165, 1.54) is 6.08 Å². The number of anilines is 1. The van der Waals surface area contributed by atoms with E-state index in [0.717, 1.165) is 11.3 Å². The van der Waals surface area contributed by atoms with Gasteiger partial charge in [0.05, 0.1) is 19.1 Å². The summed E-state index contributed by atoms with van der Waals surface area (Å²) >= 11 is 0. The van der Waals surface area contributed by atoms with Gasteiger partial charge in [-0.1, -0.05) is 12.1 Å². The highest BCUT2D eigenvalue weighted by Gasteiger charge is 2.09. The van der Waals surface area contributed by atoms with Crippen molar-refractivity contribution in [3.8, 4) is 12.1 Å². The first-order valence-corrected chi connectivity index (χ1v) is 6.59. The second-order valence-electron chi connectivity index (χ2n) is 4.31. The maximum atomic E-state index is 11.5. The summed E-state index contributed by atoms with van der Waals surface area (Å²) in [5.41, 5.74) is 1.69. The lowest BCUT2D eigenvalue weighted by Gasteiger charge is -2.17. The van der Waals surface area contributed by atoms with Crippen LogP contribution in [-0.4, -0.2) is 26.2 Å². The van der Waals surface area contributed by atoms with Gasteiger partial charge >= 0.3 is 5.97 Å². The molecule has 0 aliphatic heterocycles. The number of benzene rings is 1. The van der Waals surface area contributed by atoms with Crippen molar-refractivity contribution >= 4 is 17.7 Å². The second kappa shape index (κ2) is 8.39. The SMILES string of the molecule is CCOC(=O)/C(C#N)=C\c1ccc(N(C)CCC#N)cc1. The van der Waals surface area contributed by atoms with Crippen molar-refractivity contribution in [1.29, 1.82) is 10.5 Å². The monoisotopic (exact) mass is 283 g/mol. The van der Waals surface area contributed by atoms with Crippen LogP contribution in [0.25, 0.3) is 6.08 Å². The molecule has 0 saturated carbocycles. The molecule has 0 atom stereocenters. The number of carbonyl (C=O) groups excluding carboxylic acids is 1. The number of hydrogen-bond acceptors (Lipinski definition) is 5. The zero-order chi connectivity index (χ0) is 15.7. The molecular formula is C16H17N3O2. The third-order valence-electron chi connectivity index (χ3n) is 2.82. The fourth-order valence-corrected chi connectivity index (χ4v) is 1.68. The van der Waals surface area contributed by atoms with E-state index in [0.29, 0.717) is 13.0 Å². The number of nitriles is 2. The third kappa shape index (κ3) is 5.00. The van der Waals surface area contributed by atoms with Crippen LogP contribution in [0.3, 0.4) is 0 Å². The summed E-state index contributed by atoms with van der Waals surface area (Å²) in [4.78, 5) is 13.5. The zero-order valence-corrected chi connectivity index (χ0v) is 12.2. The Labute approximate surface area is 124 Å². The van der Waals surface area contributed by atoms with Crippen LogP contribution < -0.4 is 4.90 Å². The molecule has 0 aliphatic carbocycles. The van der Waals surface area contributed by atoms with Crippen LogP contribution in [0.1, 0.15) is 18.9 Å². The lowest BCUT2D eigenvalue weighted by Crippen LogP contribution is -2.17. The fraction of sp³-hybridized carbons (Fsp3) is 0.312. The summed E-state index contributed by atoms with van der Waals surface area (Å²) < 4.78 is 4.80. The standard InChI is InChI=1S/C16H17N3O2/c1-3-21-16(20)14(12-18)11-13-5-7-15(8-6-13)19(2)10-4-9-17/h5-8,11H,3-4,10H2,1-2H3/b14-11-. The number of rotatable bonds is 6. The van der Waals surface area contributed by atoms with Crippen LogP contribution in [0.15, 0.2) is 29.8 Å². The van der Waals surface area contributed by atoms with Gasteiger partial charge in [-0.3, -0.25) is 0 Å². The Hall–Kier alpha value is -2.79. The van der Waals surface area contributed by atoms with Gasteiger partial charge in [0.2, 0.25) is 0 Å². The van der Waals surface area contributed by atoms with Crippen LogP contribution >= 0.6 is 0 Å². The molecule has 5 heteroatoms. The summed E-state index contributed by atoms with van der Waals surface area (Å²) in [6.45, 7) is 2.58. The average Bonchev–Trinajstić information content (AvgIpc) is 2.51. The maximum Gasteiger partial charge on any atom is 0.348 e. The van der Waals surface area contributed by atoms with Gasteiger partial charge in [0.15, 0.2) is 0 Å². The molecule has 0 N–H and O–H groups in total. The van der Waals surface area contributed by atoms with E-state index in [-0.39, 0.29) is 12.2 Å². The lowest BCUT2D eigenvalue weighted by atomic mass is 10.1.